The quantitative estimate of drug-likeness (QED) is 0.710. The maximum atomic E-state index is 12.2. The second-order valence-corrected chi connectivity index (χ2v) is 11.5. The van der Waals surface area contributed by atoms with Gasteiger partial charge in [-0.05, 0) is 0 Å². The Morgan fingerprint density at radius 3 is 1.25 bits per heavy atom. The van der Waals surface area contributed by atoms with Gasteiger partial charge in [0, 0.05) is 0 Å². The number of halogens is 1. The molecule has 0 fully saturated rings. The van der Waals surface area contributed by atoms with E-state index in [9.17, 15) is 4.79 Å². The van der Waals surface area contributed by atoms with Crippen molar-refractivity contribution < 1.29 is 4.79 Å². The molecule has 0 bridgehead atoms. The van der Waals surface area contributed by atoms with Gasteiger partial charge in [-0.3, -0.25) is 0 Å². The molecule has 0 aliphatic rings. The maximum absolute atomic E-state index is 12.2. The Kier molecular flexibility index (Phi) is 4.45. The molecule has 0 aliphatic heterocycles. The summed E-state index contributed by atoms with van der Waals surface area (Å²) < 4.78 is 0. The fourth-order valence-corrected chi connectivity index (χ4v) is 8.50. The van der Waals surface area contributed by atoms with Gasteiger partial charge in [-0.15, -0.1) is 0 Å². The van der Waals surface area contributed by atoms with E-state index in [1.807, 2.05) is 91.0 Å². The third-order valence-electron chi connectivity index (χ3n) is 4.09. The molecule has 0 saturated carbocycles. The molecule has 0 aromatic heterocycles. The summed E-state index contributed by atoms with van der Waals surface area (Å²) in [6.07, 6.45) is -3.62. The summed E-state index contributed by atoms with van der Waals surface area (Å²) in [7, 11) is 0. The van der Waals surface area contributed by atoms with Crippen molar-refractivity contribution in [2.75, 3.05) is 0 Å². The molecule has 0 unspecified atom stereocenters. The Labute approximate surface area is 147 Å². The molecule has 1 amide bonds. The Morgan fingerprint density at radius 2 is 1.00 bits per heavy atom. The molecule has 0 radical (unpaired) electrons. The summed E-state index contributed by atoms with van der Waals surface area (Å²) in [6.45, 7) is 1.51. The van der Waals surface area contributed by atoms with Crippen LogP contribution in [0.4, 0.5) is 0 Å². The normalized spacial score (nSPS) is 12.8. The van der Waals surface area contributed by atoms with Gasteiger partial charge < -0.3 is 0 Å². The van der Waals surface area contributed by atoms with Gasteiger partial charge in [0.05, 0.1) is 0 Å². The molecule has 122 valence electrons. The van der Waals surface area contributed by atoms with Crippen LogP contribution in [0.15, 0.2) is 91.0 Å². The first-order chi connectivity index (χ1) is 11.6. The molecule has 0 heterocycles. The number of carbonyl (C=O) groups excluding carboxylic acids is 1. The first-order valence-corrected chi connectivity index (χ1v) is 10.9. The first kappa shape index (κ1) is 16.7. The Balaban J connectivity index is 2.45. The summed E-state index contributed by atoms with van der Waals surface area (Å²) in [5.41, 5.74) is 0. The van der Waals surface area contributed by atoms with E-state index in [1.165, 1.54) is 6.92 Å². The molecule has 0 spiro atoms. The van der Waals surface area contributed by atoms with Gasteiger partial charge in [-0.2, -0.15) is 0 Å². The molecule has 4 heteroatoms. The molecular formula is C20H19ClNOP. The van der Waals surface area contributed by atoms with Crippen molar-refractivity contribution in [3.63, 3.8) is 0 Å². The second kappa shape index (κ2) is 6.39. The van der Waals surface area contributed by atoms with Gasteiger partial charge in [0.25, 0.3) is 0 Å². The fraction of sp³-hybridized carbons (Fsp3) is 0.0500. The average Bonchev–Trinajstić information content (AvgIpc) is 2.63. The fourth-order valence-electron chi connectivity index (χ4n) is 3.06. The third kappa shape index (κ3) is 2.62. The monoisotopic (exact) mass is 355 g/mol. The number of hydrogen-bond donors (Lipinski definition) is 1. The predicted molar refractivity (Wildman–Crippen MR) is 105 cm³/mol. The van der Waals surface area contributed by atoms with E-state index < -0.39 is 6.11 Å². The van der Waals surface area contributed by atoms with Crippen molar-refractivity contribution in [3.05, 3.63) is 91.0 Å². The number of rotatable bonds is 4. The molecule has 0 aliphatic carbocycles. The summed E-state index contributed by atoms with van der Waals surface area (Å²) in [5, 5.41) is 5.92. The summed E-state index contributed by atoms with van der Waals surface area (Å²) in [6, 6.07) is 29.5. The molecule has 2 nitrogen and oxygen atoms in total. The van der Waals surface area contributed by atoms with E-state index in [4.69, 9.17) is 11.2 Å². The van der Waals surface area contributed by atoms with Crippen LogP contribution < -0.4 is 21.0 Å². The standard InChI is InChI=1S/C20H19ClNOP/c1-17(23)22-24(21,18-11-5-2-6-12-18,19-13-7-3-8-14-19)20-15-9-4-10-16-20/h2-16H,1H3,(H,22,23). The molecule has 3 aromatic carbocycles. The molecule has 0 atom stereocenters. The van der Waals surface area contributed by atoms with Gasteiger partial charge in [0.1, 0.15) is 0 Å². The van der Waals surface area contributed by atoms with E-state index in [-0.39, 0.29) is 5.91 Å². The number of nitrogens with one attached hydrogen (secondary N) is 1. The van der Waals surface area contributed by atoms with Crippen molar-refractivity contribution in [3.8, 4) is 0 Å². The van der Waals surface area contributed by atoms with Gasteiger partial charge in [0.15, 0.2) is 0 Å². The Morgan fingerprint density at radius 1 is 0.708 bits per heavy atom. The second-order valence-electron chi connectivity index (χ2n) is 5.68. The van der Waals surface area contributed by atoms with Crippen molar-refractivity contribution in [2.45, 2.75) is 6.92 Å². The molecule has 1 N–H and O–H groups in total. The zero-order chi connectivity index (χ0) is 17.1. The SMILES string of the molecule is CC(=O)NP(Cl)(c1ccccc1)(c1ccccc1)c1ccccc1. The van der Waals surface area contributed by atoms with Crippen LogP contribution in [0.3, 0.4) is 0 Å². The van der Waals surface area contributed by atoms with E-state index in [1.54, 1.807) is 0 Å². The number of hydrogen-bond acceptors (Lipinski definition) is 1. The third-order valence-corrected chi connectivity index (χ3v) is 10.6. The molecule has 0 saturated heterocycles. The van der Waals surface area contributed by atoms with Crippen LogP contribution in [0.5, 0.6) is 0 Å². The first-order valence-electron chi connectivity index (χ1n) is 7.75. The van der Waals surface area contributed by atoms with Crippen molar-refractivity contribution in [1.82, 2.24) is 5.09 Å². The van der Waals surface area contributed by atoms with Gasteiger partial charge in [-0.25, -0.2) is 0 Å². The number of carbonyl (C=O) groups is 1. The van der Waals surface area contributed by atoms with Crippen LogP contribution in [0.25, 0.3) is 0 Å². The minimum atomic E-state index is -3.62. The number of benzene rings is 3. The molecule has 24 heavy (non-hydrogen) atoms. The van der Waals surface area contributed by atoms with Crippen LogP contribution in [0.2, 0.25) is 0 Å². The summed E-state index contributed by atoms with van der Waals surface area (Å²) >= 11 is 7.57. The number of amides is 1. The van der Waals surface area contributed by atoms with Crippen LogP contribution in [0.1, 0.15) is 6.92 Å². The van der Waals surface area contributed by atoms with Gasteiger partial charge in [0.2, 0.25) is 0 Å². The van der Waals surface area contributed by atoms with Gasteiger partial charge >= 0.3 is 147 Å². The van der Waals surface area contributed by atoms with E-state index in [0.29, 0.717) is 0 Å². The topological polar surface area (TPSA) is 29.1 Å². The Bertz CT molecular complexity index is 738. The van der Waals surface area contributed by atoms with Crippen LogP contribution in [-0.4, -0.2) is 5.91 Å². The van der Waals surface area contributed by atoms with Crippen LogP contribution in [-0.2, 0) is 4.79 Å². The van der Waals surface area contributed by atoms with E-state index >= 15 is 0 Å². The van der Waals surface area contributed by atoms with E-state index in [2.05, 4.69) is 5.09 Å². The average molecular weight is 356 g/mol. The van der Waals surface area contributed by atoms with Crippen LogP contribution >= 0.6 is 17.3 Å². The molecule has 3 aromatic rings. The van der Waals surface area contributed by atoms with E-state index in [0.717, 1.165) is 15.9 Å². The zero-order valence-electron chi connectivity index (χ0n) is 13.4. The Hall–Kier alpha value is -2.15. The zero-order valence-corrected chi connectivity index (χ0v) is 15.0. The van der Waals surface area contributed by atoms with Gasteiger partial charge in [-0.1, -0.05) is 0 Å². The summed E-state index contributed by atoms with van der Waals surface area (Å²) in [5.74, 6) is -0.153. The van der Waals surface area contributed by atoms with Crippen molar-refractivity contribution in [2.24, 2.45) is 0 Å². The minimum absolute atomic E-state index is 0.153. The molecular weight excluding hydrogens is 337 g/mol. The summed E-state index contributed by atoms with van der Waals surface area (Å²) in [4.78, 5) is 12.2. The predicted octanol–water partition coefficient (Wildman–Crippen LogP) is 3.72. The van der Waals surface area contributed by atoms with Crippen molar-refractivity contribution in [1.29, 1.82) is 0 Å². The molecule has 3 rings (SSSR count). The van der Waals surface area contributed by atoms with Crippen molar-refractivity contribution >= 4 is 39.2 Å². The van der Waals surface area contributed by atoms with Crippen LogP contribution in [0, 0.1) is 0 Å².